The molecule has 0 aromatic heterocycles. The second kappa shape index (κ2) is 6.43. The zero-order valence-corrected chi connectivity index (χ0v) is 14.0. The normalized spacial score (nSPS) is 14.2. The zero-order valence-electron chi connectivity index (χ0n) is 14.0. The highest BCUT2D eigenvalue weighted by Gasteiger charge is 2.32. The molecule has 1 aliphatic rings. The van der Waals surface area contributed by atoms with E-state index in [-0.39, 0.29) is 5.56 Å². The van der Waals surface area contributed by atoms with E-state index in [2.05, 4.69) is 0 Å². The van der Waals surface area contributed by atoms with E-state index in [0.29, 0.717) is 18.0 Å². The van der Waals surface area contributed by atoms with Crippen LogP contribution in [0.3, 0.4) is 0 Å². The largest absolute Gasteiger partial charge is 0.495 e. The number of amides is 1. The van der Waals surface area contributed by atoms with Gasteiger partial charge in [-0.2, -0.15) is 13.2 Å². The molecular formula is C19H18F3NO2. The van der Waals surface area contributed by atoms with Crippen LogP contribution in [-0.2, 0) is 12.6 Å². The van der Waals surface area contributed by atoms with Gasteiger partial charge < -0.3 is 9.64 Å². The molecule has 1 amide bonds. The van der Waals surface area contributed by atoms with Gasteiger partial charge in [-0.05, 0) is 55.2 Å². The number of rotatable bonds is 2. The maximum Gasteiger partial charge on any atom is 0.416 e. The first-order chi connectivity index (χ1) is 11.8. The quantitative estimate of drug-likeness (QED) is 0.792. The Morgan fingerprint density at radius 1 is 1.20 bits per heavy atom. The molecule has 3 nitrogen and oxygen atoms in total. The number of hydrogen-bond donors (Lipinski definition) is 0. The topological polar surface area (TPSA) is 29.5 Å². The molecular weight excluding hydrogens is 331 g/mol. The summed E-state index contributed by atoms with van der Waals surface area (Å²) >= 11 is 0. The van der Waals surface area contributed by atoms with Crippen LogP contribution >= 0.6 is 0 Å². The van der Waals surface area contributed by atoms with Crippen molar-refractivity contribution in [3.63, 3.8) is 0 Å². The van der Waals surface area contributed by atoms with Crippen molar-refractivity contribution in [2.24, 2.45) is 0 Å². The number of hydrogen-bond acceptors (Lipinski definition) is 2. The molecule has 0 atom stereocenters. The Balaban J connectivity index is 2.05. The molecule has 0 saturated heterocycles. The van der Waals surface area contributed by atoms with Gasteiger partial charge in [0.2, 0.25) is 0 Å². The van der Waals surface area contributed by atoms with Crippen LogP contribution in [0.4, 0.5) is 18.9 Å². The van der Waals surface area contributed by atoms with Gasteiger partial charge in [0.05, 0.1) is 18.4 Å². The summed E-state index contributed by atoms with van der Waals surface area (Å²) in [5.74, 6) is 0.108. The van der Waals surface area contributed by atoms with Crippen LogP contribution in [0.1, 0.15) is 33.5 Å². The molecule has 0 aliphatic carbocycles. The number of carbonyl (C=O) groups is 1. The molecule has 3 rings (SSSR count). The predicted molar refractivity (Wildman–Crippen MR) is 89.2 cm³/mol. The van der Waals surface area contributed by atoms with Crippen molar-refractivity contribution in [3.05, 3.63) is 58.7 Å². The summed E-state index contributed by atoms with van der Waals surface area (Å²) in [4.78, 5) is 14.5. The monoisotopic (exact) mass is 349 g/mol. The Kier molecular flexibility index (Phi) is 4.45. The highest BCUT2D eigenvalue weighted by molar-refractivity contribution is 6.07. The molecule has 0 unspecified atom stereocenters. The van der Waals surface area contributed by atoms with Crippen LogP contribution < -0.4 is 9.64 Å². The van der Waals surface area contributed by atoms with Crippen molar-refractivity contribution in [2.45, 2.75) is 25.9 Å². The second-order valence-corrected chi connectivity index (χ2v) is 6.05. The Morgan fingerprint density at radius 2 is 1.96 bits per heavy atom. The minimum atomic E-state index is -4.48. The van der Waals surface area contributed by atoms with E-state index in [4.69, 9.17) is 4.74 Å². The van der Waals surface area contributed by atoms with Gasteiger partial charge in [-0.1, -0.05) is 12.1 Å². The number of methoxy groups -OCH3 is 1. The van der Waals surface area contributed by atoms with Gasteiger partial charge in [0, 0.05) is 12.1 Å². The first kappa shape index (κ1) is 17.3. The molecule has 0 fully saturated rings. The van der Waals surface area contributed by atoms with Crippen molar-refractivity contribution >= 4 is 11.6 Å². The van der Waals surface area contributed by atoms with Gasteiger partial charge in [0.15, 0.2) is 0 Å². The lowest BCUT2D eigenvalue weighted by Crippen LogP contribution is -2.36. The summed E-state index contributed by atoms with van der Waals surface area (Å²) in [5, 5.41) is 0. The van der Waals surface area contributed by atoms with Gasteiger partial charge in [-0.25, -0.2) is 0 Å². The molecule has 0 N–H and O–H groups in total. The van der Waals surface area contributed by atoms with E-state index in [1.807, 2.05) is 13.0 Å². The fourth-order valence-corrected chi connectivity index (χ4v) is 3.21. The number of anilines is 1. The van der Waals surface area contributed by atoms with Crippen LogP contribution in [-0.4, -0.2) is 19.6 Å². The lowest BCUT2D eigenvalue weighted by Gasteiger charge is -2.32. The summed E-state index contributed by atoms with van der Waals surface area (Å²) in [5.41, 5.74) is 1.90. The van der Waals surface area contributed by atoms with Crippen LogP contribution in [0.5, 0.6) is 5.75 Å². The Labute approximate surface area is 144 Å². The molecule has 0 radical (unpaired) electrons. The summed E-state index contributed by atoms with van der Waals surface area (Å²) in [7, 11) is 1.52. The molecule has 2 aromatic rings. The van der Waals surface area contributed by atoms with Crippen molar-refractivity contribution in [1.29, 1.82) is 0 Å². The number of alkyl halides is 3. The average Bonchev–Trinajstić information content (AvgIpc) is 2.60. The molecule has 25 heavy (non-hydrogen) atoms. The standard InChI is InChI=1S/C19H18F3NO2/c1-12-8-9-16(25-2)17-15(12)7-4-10-23(17)18(24)13-5-3-6-14(11-13)19(20,21)22/h3,5-6,8-9,11H,4,7,10H2,1-2H3. The first-order valence-corrected chi connectivity index (χ1v) is 7.98. The summed E-state index contributed by atoms with van der Waals surface area (Å²) in [6.45, 7) is 2.40. The van der Waals surface area contributed by atoms with E-state index in [9.17, 15) is 18.0 Å². The van der Waals surface area contributed by atoms with Crippen molar-refractivity contribution in [3.8, 4) is 5.75 Å². The third kappa shape index (κ3) is 3.21. The third-order valence-corrected chi connectivity index (χ3v) is 4.46. The Hall–Kier alpha value is -2.50. The lowest BCUT2D eigenvalue weighted by atomic mass is 9.95. The Bertz CT molecular complexity index is 815. The van der Waals surface area contributed by atoms with E-state index < -0.39 is 17.6 Å². The molecule has 1 heterocycles. The number of ether oxygens (including phenoxy) is 1. The fraction of sp³-hybridized carbons (Fsp3) is 0.316. The van der Waals surface area contributed by atoms with Gasteiger partial charge in [-0.15, -0.1) is 0 Å². The van der Waals surface area contributed by atoms with Crippen LogP contribution in [0.15, 0.2) is 36.4 Å². The first-order valence-electron chi connectivity index (χ1n) is 7.98. The van der Waals surface area contributed by atoms with Crippen LogP contribution in [0.25, 0.3) is 0 Å². The van der Waals surface area contributed by atoms with Crippen LogP contribution in [0.2, 0.25) is 0 Å². The fourth-order valence-electron chi connectivity index (χ4n) is 3.21. The number of aryl methyl sites for hydroxylation is 1. The minimum absolute atomic E-state index is 0.0197. The van der Waals surface area contributed by atoms with Crippen molar-refractivity contribution < 1.29 is 22.7 Å². The average molecular weight is 349 g/mol. The molecule has 1 aliphatic heterocycles. The Morgan fingerprint density at radius 3 is 2.64 bits per heavy atom. The zero-order chi connectivity index (χ0) is 18.2. The molecule has 6 heteroatoms. The SMILES string of the molecule is COc1ccc(C)c2c1N(C(=O)c1cccc(C(F)(F)F)c1)CCC2. The molecule has 0 saturated carbocycles. The molecule has 0 bridgehead atoms. The van der Waals surface area contributed by atoms with E-state index >= 15 is 0 Å². The van der Waals surface area contributed by atoms with E-state index in [0.717, 1.165) is 36.1 Å². The highest BCUT2D eigenvalue weighted by atomic mass is 19.4. The summed E-state index contributed by atoms with van der Waals surface area (Å²) in [6, 6.07) is 8.24. The van der Waals surface area contributed by atoms with Gasteiger partial charge in [0.1, 0.15) is 5.75 Å². The third-order valence-electron chi connectivity index (χ3n) is 4.46. The summed E-state index contributed by atoms with van der Waals surface area (Å²) < 4.78 is 44.2. The highest BCUT2D eigenvalue weighted by Crippen LogP contribution is 2.39. The van der Waals surface area contributed by atoms with Crippen molar-refractivity contribution in [2.75, 3.05) is 18.6 Å². The number of fused-ring (bicyclic) bond motifs is 1. The maximum absolute atomic E-state index is 12.9. The van der Waals surface area contributed by atoms with E-state index in [1.54, 1.807) is 6.07 Å². The van der Waals surface area contributed by atoms with Gasteiger partial charge in [-0.3, -0.25) is 4.79 Å². The smallest absolute Gasteiger partial charge is 0.416 e. The molecule has 0 spiro atoms. The van der Waals surface area contributed by atoms with Crippen LogP contribution in [0, 0.1) is 6.92 Å². The summed E-state index contributed by atoms with van der Waals surface area (Å²) in [6.07, 6.45) is -2.92. The number of halogens is 3. The molecule has 2 aromatic carbocycles. The minimum Gasteiger partial charge on any atom is -0.495 e. The van der Waals surface area contributed by atoms with Gasteiger partial charge >= 0.3 is 6.18 Å². The number of nitrogens with zero attached hydrogens (tertiary/aromatic N) is 1. The number of carbonyl (C=O) groups excluding carboxylic acids is 1. The number of benzene rings is 2. The lowest BCUT2D eigenvalue weighted by molar-refractivity contribution is -0.137. The predicted octanol–water partition coefficient (Wildman–Crippen LogP) is 4.62. The van der Waals surface area contributed by atoms with Gasteiger partial charge in [0.25, 0.3) is 5.91 Å². The second-order valence-electron chi connectivity index (χ2n) is 6.05. The van der Waals surface area contributed by atoms with Crippen molar-refractivity contribution in [1.82, 2.24) is 0 Å². The molecule has 132 valence electrons. The maximum atomic E-state index is 12.9. The van der Waals surface area contributed by atoms with E-state index in [1.165, 1.54) is 24.1 Å².